The van der Waals surface area contributed by atoms with Crippen molar-refractivity contribution in [1.29, 1.82) is 0 Å². The van der Waals surface area contributed by atoms with Crippen LogP contribution >= 0.6 is 11.8 Å². The molecular weight excluding hydrogens is 358 g/mol. The molecule has 6 nitrogen and oxygen atoms in total. The number of hydrogen-bond acceptors (Lipinski definition) is 5. The molecule has 1 saturated carbocycles. The van der Waals surface area contributed by atoms with E-state index in [0.29, 0.717) is 0 Å². The number of anilines is 1. The third-order valence-electron chi connectivity index (χ3n) is 4.85. The number of carbonyl (C=O) groups excluding carboxylic acids is 1. The van der Waals surface area contributed by atoms with Crippen LogP contribution in [0.15, 0.2) is 60.0 Å². The number of nitrogens with zero attached hydrogens (tertiary/aromatic N) is 4. The van der Waals surface area contributed by atoms with Crippen LogP contribution in [0.4, 0.5) is 5.69 Å². The molecule has 138 valence electrons. The molecule has 0 spiro atoms. The summed E-state index contributed by atoms with van der Waals surface area (Å²) < 4.78 is 1.57. The molecule has 2 heterocycles. The van der Waals surface area contributed by atoms with Crippen molar-refractivity contribution in [3.8, 4) is 11.4 Å². The summed E-state index contributed by atoms with van der Waals surface area (Å²) in [6.07, 6.45) is 6.25. The van der Waals surface area contributed by atoms with Gasteiger partial charge in [-0.15, -0.1) is 10.2 Å². The van der Waals surface area contributed by atoms with Crippen molar-refractivity contribution in [2.24, 2.45) is 0 Å². The van der Waals surface area contributed by atoms with E-state index in [2.05, 4.69) is 32.0 Å². The first-order chi connectivity index (χ1) is 13.2. The minimum atomic E-state index is -0.484. The van der Waals surface area contributed by atoms with Gasteiger partial charge in [0.05, 0.1) is 0 Å². The molecule has 1 fully saturated rings. The standard InChI is InChI=1S/C20H21N5OS/c1-2-25-17(15-8-6-13-21-14-15)23-24-19(25)27-20(11-7-12-20)18(26)22-16-9-4-3-5-10-16/h3-6,8-10,13-14H,2,7,11-12H2,1H3,(H,22,26). The fraction of sp³-hybridized carbons (Fsp3) is 0.300. The third kappa shape index (κ3) is 3.47. The number of carbonyl (C=O) groups is 1. The second-order valence-electron chi connectivity index (χ2n) is 6.56. The van der Waals surface area contributed by atoms with Crippen LogP contribution in [-0.4, -0.2) is 30.4 Å². The first-order valence-corrected chi connectivity index (χ1v) is 9.92. The van der Waals surface area contributed by atoms with E-state index >= 15 is 0 Å². The van der Waals surface area contributed by atoms with Crippen LogP contribution in [0.2, 0.25) is 0 Å². The molecular formula is C20H21N5OS. The summed E-state index contributed by atoms with van der Waals surface area (Å²) in [7, 11) is 0. The molecule has 0 aliphatic heterocycles. The van der Waals surface area contributed by atoms with Crippen LogP contribution in [0.1, 0.15) is 26.2 Å². The van der Waals surface area contributed by atoms with Crippen molar-refractivity contribution in [1.82, 2.24) is 19.7 Å². The van der Waals surface area contributed by atoms with E-state index in [9.17, 15) is 4.79 Å². The fourth-order valence-corrected chi connectivity index (χ4v) is 4.57. The summed E-state index contributed by atoms with van der Waals surface area (Å²) in [5, 5.41) is 12.6. The molecule has 3 aromatic rings. The predicted octanol–water partition coefficient (Wildman–Crippen LogP) is 4.01. The third-order valence-corrected chi connectivity index (χ3v) is 6.32. The van der Waals surface area contributed by atoms with Gasteiger partial charge >= 0.3 is 0 Å². The second-order valence-corrected chi connectivity index (χ2v) is 7.91. The molecule has 0 unspecified atom stereocenters. The Labute approximate surface area is 162 Å². The predicted molar refractivity (Wildman–Crippen MR) is 106 cm³/mol. The number of nitrogens with one attached hydrogen (secondary N) is 1. The average Bonchev–Trinajstić information content (AvgIpc) is 3.08. The molecule has 1 aliphatic rings. The summed E-state index contributed by atoms with van der Waals surface area (Å²) in [4.78, 5) is 17.2. The number of para-hydroxylation sites is 1. The maximum Gasteiger partial charge on any atom is 0.241 e. The Bertz CT molecular complexity index is 922. The quantitative estimate of drug-likeness (QED) is 0.700. The Morgan fingerprint density at radius 2 is 2.00 bits per heavy atom. The lowest BCUT2D eigenvalue weighted by Crippen LogP contribution is -2.46. The zero-order valence-corrected chi connectivity index (χ0v) is 15.9. The maximum atomic E-state index is 13.0. The topological polar surface area (TPSA) is 72.7 Å². The number of amides is 1. The van der Waals surface area contributed by atoms with Crippen LogP contribution in [0.5, 0.6) is 0 Å². The molecule has 27 heavy (non-hydrogen) atoms. The Balaban J connectivity index is 1.58. The maximum absolute atomic E-state index is 13.0. The van der Waals surface area contributed by atoms with Gasteiger partial charge in [-0.25, -0.2) is 0 Å². The van der Waals surface area contributed by atoms with E-state index < -0.39 is 4.75 Å². The Hall–Kier alpha value is -2.67. The fourth-order valence-electron chi connectivity index (χ4n) is 3.17. The molecule has 1 amide bonds. The van der Waals surface area contributed by atoms with Crippen LogP contribution in [0.3, 0.4) is 0 Å². The van der Waals surface area contributed by atoms with Crippen molar-refractivity contribution in [2.75, 3.05) is 5.32 Å². The van der Waals surface area contributed by atoms with Gasteiger partial charge in [0.25, 0.3) is 0 Å². The SMILES string of the molecule is CCn1c(SC2(C(=O)Nc3ccccc3)CCC2)nnc1-c1cccnc1. The lowest BCUT2D eigenvalue weighted by atomic mass is 9.83. The molecule has 7 heteroatoms. The van der Waals surface area contributed by atoms with Crippen molar-refractivity contribution >= 4 is 23.4 Å². The summed E-state index contributed by atoms with van der Waals surface area (Å²) in [6.45, 7) is 2.79. The highest BCUT2D eigenvalue weighted by Crippen LogP contribution is 2.48. The molecule has 4 rings (SSSR count). The summed E-state index contributed by atoms with van der Waals surface area (Å²) in [5.41, 5.74) is 1.75. The van der Waals surface area contributed by atoms with Gasteiger partial charge in [-0.05, 0) is 50.5 Å². The van der Waals surface area contributed by atoms with Crippen LogP contribution in [-0.2, 0) is 11.3 Å². The number of pyridine rings is 1. The molecule has 0 atom stereocenters. The first kappa shape index (κ1) is 17.7. The van der Waals surface area contributed by atoms with Crippen LogP contribution in [0, 0.1) is 0 Å². The minimum absolute atomic E-state index is 0.0403. The van der Waals surface area contributed by atoms with Crippen molar-refractivity contribution in [3.63, 3.8) is 0 Å². The summed E-state index contributed by atoms with van der Waals surface area (Å²) in [5.74, 6) is 0.824. The van der Waals surface area contributed by atoms with Gasteiger partial charge in [0.1, 0.15) is 4.75 Å². The highest BCUT2D eigenvalue weighted by Gasteiger charge is 2.46. The van der Waals surface area contributed by atoms with E-state index in [-0.39, 0.29) is 5.91 Å². The van der Waals surface area contributed by atoms with E-state index in [1.54, 1.807) is 12.4 Å². The monoisotopic (exact) mass is 379 g/mol. The molecule has 1 N–H and O–H groups in total. The molecule has 2 aromatic heterocycles. The van der Waals surface area contributed by atoms with Crippen LogP contribution in [0.25, 0.3) is 11.4 Å². The largest absolute Gasteiger partial charge is 0.325 e. The van der Waals surface area contributed by atoms with Gasteiger partial charge in [-0.1, -0.05) is 30.0 Å². The minimum Gasteiger partial charge on any atom is -0.325 e. The molecule has 0 saturated heterocycles. The zero-order valence-electron chi connectivity index (χ0n) is 15.1. The van der Waals surface area contributed by atoms with E-state index in [4.69, 9.17) is 0 Å². The summed E-state index contributed by atoms with van der Waals surface area (Å²) in [6, 6.07) is 13.5. The van der Waals surface area contributed by atoms with Crippen LogP contribution < -0.4 is 5.32 Å². The zero-order chi connectivity index (χ0) is 18.7. The normalized spacial score (nSPS) is 15.1. The van der Waals surface area contributed by atoms with E-state index in [1.165, 1.54) is 11.8 Å². The van der Waals surface area contributed by atoms with Crippen molar-refractivity contribution < 1.29 is 4.79 Å². The van der Waals surface area contributed by atoms with Gasteiger partial charge in [0.2, 0.25) is 5.91 Å². The average molecular weight is 379 g/mol. The summed E-state index contributed by atoms with van der Waals surface area (Å²) >= 11 is 1.53. The van der Waals surface area contributed by atoms with E-state index in [1.807, 2.05) is 42.5 Å². The smallest absolute Gasteiger partial charge is 0.241 e. The van der Waals surface area contributed by atoms with Gasteiger partial charge in [0.15, 0.2) is 11.0 Å². The Kier molecular flexibility index (Phi) is 4.94. The van der Waals surface area contributed by atoms with Crippen molar-refractivity contribution in [2.45, 2.75) is 42.6 Å². The number of thioether (sulfide) groups is 1. The molecule has 1 aromatic carbocycles. The second kappa shape index (κ2) is 7.52. The first-order valence-electron chi connectivity index (χ1n) is 9.11. The van der Waals surface area contributed by atoms with Gasteiger partial charge in [0, 0.05) is 30.2 Å². The Morgan fingerprint density at radius 1 is 1.19 bits per heavy atom. The van der Waals surface area contributed by atoms with Gasteiger partial charge < -0.3 is 9.88 Å². The number of rotatable bonds is 6. The number of hydrogen-bond donors (Lipinski definition) is 1. The highest BCUT2D eigenvalue weighted by molar-refractivity contribution is 8.01. The lowest BCUT2D eigenvalue weighted by molar-refractivity contribution is -0.120. The number of benzene rings is 1. The lowest BCUT2D eigenvalue weighted by Gasteiger charge is -2.38. The van der Waals surface area contributed by atoms with E-state index in [0.717, 1.165) is 48.0 Å². The molecule has 0 bridgehead atoms. The number of aromatic nitrogens is 4. The van der Waals surface area contributed by atoms with Gasteiger partial charge in [-0.2, -0.15) is 0 Å². The molecule has 0 radical (unpaired) electrons. The highest BCUT2D eigenvalue weighted by atomic mass is 32.2. The van der Waals surface area contributed by atoms with Crippen molar-refractivity contribution in [3.05, 3.63) is 54.9 Å². The molecule has 1 aliphatic carbocycles. The Morgan fingerprint density at radius 3 is 2.63 bits per heavy atom. The van der Waals surface area contributed by atoms with Gasteiger partial charge in [-0.3, -0.25) is 9.78 Å².